The normalized spacial score (nSPS) is 24.8. The first-order valence-corrected chi connectivity index (χ1v) is 11.5. The van der Waals surface area contributed by atoms with E-state index < -0.39 is 17.8 Å². The second-order valence-electron chi connectivity index (χ2n) is 9.07. The summed E-state index contributed by atoms with van der Waals surface area (Å²) in [4.78, 5) is 27.3. The SMILES string of the molecule is O=C(NCC(O)C1Cc2ccccc2CN1)c1ccc(C(=O)N2C3CCC2COC3)cc1F. The summed E-state index contributed by atoms with van der Waals surface area (Å²) in [6, 6.07) is 11.9. The molecule has 2 aromatic carbocycles. The molecule has 3 heterocycles. The maximum atomic E-state index is 14.8. The van der Waals surface area contributed by atoms with Gasteiger partial charge in [-0.15, -0.1) is 0 Å². The average Bonchev–Trinajstić information content (AvgIpc) is 3.09. The fourth-order valence-corrected chi connectivity index (χ4v) is 5.13. The molecule has 2 saturated heterocycles. The highest BCUT2D eigenvalue weighted by atomic mass is 19.1. The van der Waals surface area contributed by atoms with Crippen molar-refractivity contribution in [1.29, 1.82) is 0 Å². The van der Waals surface area contributed by atoms with E-state index in [0.717, 1.165) is 18.9 Å². The number of nitrogens with one attached hydrogen (secondary N) is 2. The molecule has 2 fully saturated rings. The summed E-state index contributed by atoms with van der Waals surface area (Å²) >= 11 is 0. The number of fused-ring (bicyclic) bond motifs is 3. The molecule has 5 rings (SSSR count). The van der Waals surface area contributed by atoms with Gasteiger partial charge in [0.15, 0.2) is 0 Å². The third kappa shape index (κ3) is 4.38. The Balaban J connectivity index is 1.19. The largest absolute Gasteiger partial charge is 0.390 e. The average molecular weight is 454 g/mol. The van der Waals surface area contributed by atoms with Gasteiger partial charge in [-0.05, 0) is 48.6 Å². The molecular weight excluding hydrogens is 425 g/mol. The summed E-state index contributed by atoms with van der Waals surface area (Å²) in [5.41, 5.74) is 2.46. The number of hydrogen-bond acceptors (Lipinski definition) is 5. The van der Waals surface area contributed by atoms with Crippen LogP contribution in [0.25, 0.3) is 0 Å². The lowest BCUT2D eigenvalue weighted by Gasteiger charge is -2.34. The van der Waals surface area contributed by atoms with E-state index in [1.807, 2.05) is 24.3 Å². The Morgan fingerprint density at radius 3 is 2.61 bits per heavy atom. The molecule has 4 unspecified atom stereocenters. The predicted octanol–water partition coefficient (Wildman–Crippen LogP) is 1.63. The summed E-state index contributed by atoms with van der Waals surface area (Å²) in [6.45, 7) is 1.67. The van der Waals surface area contributed by atoms with E-state index in [1.54, 1.807) is 4.90 Å². The Morgan fingerprint density at radius 1 is 1.15 bits per heavy atom. The minimum absolute atomic E-state index is 0.00404. The van der Waals surface area contributed by atoms with Crippen molar-refractivity contribution in [2.24, 2.45) is 0 Å². The zero-order valence-electron chi connectivity index (χ0n) is 18.3. The van der Waals surface area contributed by atoms with Crippen LogP contribution in [0.1, 0.15) is 44.7 Å². The minimum atomic E-state index is -0.817. The topological polar surface area (TPSA) is 90.9 Å². The van der Waals surface area contributed by atoms with Crippen LogP contribution in [0.15, 0.2) is 42.5 Å². The first kappa shape index (κ1) is 22.0. The lowest BCUT2D eigenvalue weighted by molar-refractivity contribution is -0.00718. The fourth-order valence-electron chi connectivity index (χ4n) is 5.13. The number of hydrogen-bond donors (Lipinski definition) is 3. The van der Waals surface area contributed by atoms with Crippen LogP contribution in [-0.2, 0) is 17.7 Å². The maximum absolute atomic E-state index is 14.8. The third-order valence-electron chi connectivity index (χ3n) is 6.98. The summed E-state index contributed by atoms with van der Waals surface area (Å²) in [5.74, 6) is -1.60. The van der Waals surface area contributed by atoms with Crippen LogP contribution in [0, 0.1) is 5.82 Å². The van der Waals surface area contributed by atoms with E-state index in [2.05, 4.69) is 10.6 Å². The second kappa shape index (κ2) is 9.21. The Hall–Kier alpha value is -2.81. The van der Waals surface area contributed by atoms with Crippen LogP contribution in [0.4, 0.5) is 4.39 Å². The van der Waals surface area contributed by atoms with Gasteiger partial charge >= 0.3 is 0 Å². The molecule has 0 spiro atoms. The van der Waals surface area contributed by atoms with E-state index in [4.69, 9.17) is 4.74 Å². The first-order chi connectivity index (χ1) is 16.0. The Labute approximate surface area is 191 Å². The number of morpholine rings is 1. The first-order valence-electron chi connectivity index (χ1n) is 11.5. The molecule has 0 aliphatic carbocycles. The van der Waals surface area contributed by atoms with Crippen molar-refractivity contribution >= 4 is 11.8 Å². The van der Waals surface area contributed by atoms with Crippen molar-refractivity contribution in [2.75, 3.05) is 19.8 Å². The van der Waals surface area contributed by atoms with E-state index >= 15 is 0 Å². The van der Waals surface area contributed by atoms with Gasteiger partial charge in [0, 0.05) is 24.7 Å². The van der Waals surface area contributed by atoms with E-state index in [0.29, 0.717) is 26.2 Å². The Kier molecular flexibility index (Phi) is 6.14. The van der Waals surface area contributed by atoms with E-state index in [-0.39, 0.29) is 41.7 Å². The number of benzene rings is 2. The summed E-state index contributed by atoms with van der Waals surface area (Å²) in [5, 5.41) is 16.5. The van der Waals surface area contributed by atoms with Gasteiger partial charge in [-0.3, -0.25) is 9.59 Å². The lowest BCUT2D eigenvalue weighted by Crippen LogP contribution is -2.49. The van der Waals surface area contributed by atoms with Crippen LogP contribution < -0.4 is 10.6 Å². The number of amides is 2. The molecule has 0 saturated carbocycles. The van der Waals surface area contributed by atoms with Crippen LogP contribution in [-0.4, -0.2) is 65.8 Å². The summed E-state index contributed by atoms with van der Waals surface area (Å²) < 4.78 is 20.3. The molecule has 0 aromatic heterocycles. The van der Waals surface area contributed by atoms with Gasteiger partial charge in [-0.25, -0.2) is 4.39 Å². The highest BCUT2D eigenvalue weighted by Crippen LogP contribution is 2.30. The molecule has 174 valence electrons. The molecule has 33 heavy (non-hydrogen) atoms. The Bertz CT molecular complexity index is 1050. The van der Waals surface area contributed by atoms with Gasteiger partial charge in [-0.1, -0.05) is 24.3 Å². The standard InChI is InChI=1S/C25H28FN3O4/c26-21-9-16(25(32)29-18-6-7-19(29)14-33-13-18)5-8-20(21)24(31)28-12-23(30)22-10-15-3-1-2-4-17(15)11-27-22/h1-5,8-9,18-19,22-23,27,30H,6-7,10-14H2,(H,28,31). The molecule has 3 N–H and O–H groups in total. The molecule has 8 heteroatoms. The number of ether oxygens (including phenoxy) is 1. The number of aliphatic hydroxyl groups excluding tert-OH is 1. The summed E-state index contributed by atoms with van der Waals surface area (Å²) in [6.07, 6.45) is 1.62. The number of carbonyl (C=O) groups is 2. The van der Waals surface area contributed by atoms with Crippen molar-refractivity contribution in [3.63, 3.8) is 0 Å². The van der Waals surface area contributed by atoms with Gasteiger partial charge in [0.1, 0.15) is 5.82 Å². The molecule has 2 amide bonds. The zero-order valence-corrected chi connectivity index (χ0v) is 18.3. The molecule has 2 bridgehead atoms. The van der Waals surface area contributed by atoms with Crippen molar-refractivity contribution < 1.29 is 23.8 Å². The third-order valence-corrected chi connectivity index (χ3v) is 6.98. The van der Waals surface area contributed by atoms with Crippen LogP contribution >= 0.6 is 0 Å². The Morgan fingerprint density at radius 2 is 1.88 bits per heavy atom. The number of carbonyl (C=O) groups excluding carboxylic acids is 2. The van der Waals surface area contributed by atoms with Crippen LogP contribution in [0.3, 0.4) is 0 Å². The molecule has 7 nitrogen and oxygen atoms in total. The van der Waals surface area contributed by atoms with Gasteiger partial charge in [-0.2, -0.15) is 0 Å². The molecular formula is C25H28FN3O4. The van der Waals surface area contributed by atoms with Gasteiger partial charge in [0.2, 0.25) is 0 Å². The number of nitrogens with zero attached hydrogens (tertiary/aromatic N) is 1. The van der Waals surface area contributed by atoms with Gasteiger partial charge in [0.05, 0.1) is 37.0 Å². The van der Waals surface area contributed by atoms with Crippen molar-refractivity contribution in [3.8, 4) is 0 Å². The van der Waals surface area contributed by atoms with Crippen LogP contribution in [0.2, 0.25) is 0 Å². The highest BCUT2D eigenvalue weighted by molar-refractivity contribution is 5.98. The highest BCUT2D eigenvalue weighted by Gasteiger charge is 2.40. The van der Waals surface area contributed by atoms with E-state index in [9.17, 15) is 19.1 Å². The molecule has 3 aliphatic heterocycles. The monoisotopic (exact) mass is 453 g/mol. The minimum Gasteiger partial charge on any atom is -0.390 e. The lowest BCUT2D eigenvalue weighted by atomic mass is 9.93. The van der Waals surface area contributed by atoms with E-state index in [1.165, 1.54) is 23.3 Å². The quantitative estimate of drug-likeness (QED) is 0.640. The van der Waals surface area contributed by atoms with Gasteiger partial charge in [0.25, 0.3) is 11.8 Å². The van der Waals surface area contributed by atoms with Crippen LogP contribution in [0.5, 0.6) is 0 Å². The molecule has 3 aliphatic rings. The van der Waals surface area contributed by atoms with Crippen molar-refractivity contribution in [2.45, 2.75) is 50.0 Å². The second-order valence-corrected chi connectivity index (χ2v) is 9.07. The summed E-state index contributed by atoms with van der Waals surface area (Å²) in [7, 11) is 0. The van der Waals surface area contributed by atoms with Gasteiger partial charge < -0.3 is 25.4 Å². The van der Waals surface area contributed by atoms with Crippen molar-refractivity contribution in [3.05, 3.63) is 70.5 Å². The zero-order chi connectivity index (χ0) is 22.9. The smallest absolute Gasteiger partial charge is 0.254 e. The van der Waals surface area contributed by atoms with Crippen molar-refractivity contribution in [1.82, 2.24) is 15.5 Å². The molecule has 4 atom stereocenters. The maximum Gasteiger partial charge on any atom is 0.254 e. The molecule has 0 radical (unpaired) electrons. The number of halogens is 1. The molecule has 2 aromatic rings. The fraction of sp³-hybridized carbons (Fsp3) is 0.440. The number of aliphatic hydroxyl groups is 1. The number of rotatable bonds is 5. The predicted molar refractivity (Wildman–Crippen MR) is 119 cm³/mol.